The molecule has 0 unspecified atom stereocenters. The quantitative estimate of drug-likeness (QED) is 0.847. The Morgan fingerprint density at radius 3 is 2.67 bits per heavy atom. The van der Waals surface area contributed by atoms with Crippen LogP contribution in [0.2, 0.25) is 0 Å². The van der Waals surface area contributed by atoms with Crippen LogP contribution in [0.3, 0.4) is 0 Å². The molecule has 1 heterocycles. The van der Waals surface area contributed by atoms with Crippen molar-refractivity contribution in [2.24, 2.45) is 0 Å². The number of carbonyl (C=O) groups is 1. The van der Waals surface area contributed by atoms with Crippen LogP contribution in [0.15, 0.2) is 24.3 Å². The maximum Gasteiger partial charge on any atom is 0.226 e. The molecular formula is C16H21N3OS. The zero-order chi connectivity index (χ0) is 15.1. The van der Waals surface area contributed by atoms with E-state index in [4.69, 9.17) is 0 Å². The van der Waals surface area contributed by atoms with Gasteiger partial charge in [-0.3, -0.25) is 4.79 Å². The third-order valence-electron chi connectivity index (χ3n) is 3.22. The number of rotatable bonds is 7. The minimum Gasteiger partial charge on any atom is -0.301 e. The van der Waals surface area contributed by atoms with Crippen LogP contribution in [0.5, 0.6) is 0 Å². The van der Waals surface area contributed by atoms with Crippen molar-refractivity contribution in [3.8, 4) is 0 Å². The third kappa shape index (κ3) is 5.27. The Morgan fingerprint density at radius 1 is 1.19 bits per heavy atom. The van der Waals surface area contributed by atoms with Crippen molar-refractivity contribution >= 4 is 22.4 Å². The van der Waals surface area contributed by atoms with E-state index < -0.39 is 0 Å². The van der Waals surface area contributed by atoms with E-state index >= 15 is 0 Å². The maximum atomic E-state index is 11.9. The molecule has 0 bridgehead atoms. The van der Waals surface area contributed by atoms with Crippen LogP contribution < -0.4 is 5.32 Å². The maximum absolute atomic E-state index is 11.9. The number of aromatic nitrogens is 2. The molecule has 112 valence electrons. The summed E-state index contributed by atoms with van der Waals surface area (Å²) in [5.41, 5.74) is 2.41. The number of carbonyl (C=O) groups excluding carboxylic acids is 1. The van der Waals surface area contributed by atoms with Crippen LogP contribution in [0, 0.1) is 6.92 Å². The van der Waals surface area contributed by atoms with Gasteiger partial charge in [0.1, 0.15) is 5.01 Å². The highest BCUT2D eigenvalue weighted by Gasteiger charge is 2.08. The Hall–Kier alpha value is -1.75. The van der Waals surface area contributed by atoms with Crippen molar-refractivity contribution in [2.45, 2.75) is 46.0 Å². The van der Waals surface area contributed by atoms with Crippen LogP contribution in [0.25, 0.3) is 0 Å². The highest BCUT2D eigenvalue weighted by atomic mass is 32.1. The second-order valence-electron chi connectivity index (χ2n) is 5.14. The van der Waals surface area contributed by atoms with Crippen molar-refractivity contribution in [2.75, 3.05) is 5.32 Å². The number of aryl methyl sites for hydroxylation is 3. The molecule has 0 aliphatic rings. The lowest BCUT2D eigenvalue weighted by atomic mass is 10.1. The number of hydrogen-bond acceptors (Lipinski definition) is 4. The first kappa shape index (κ1) is 15.6. The fourth-order valence-electron chi connectivity index (χ4n) is 1.93. The second-order valence-corrected chi connectivity index (χ2v) is 6.20. The predicted molar refractivity (Wildman–Crippen MR) is 86.7 cm³/mol. The largest absolute Gasteiger partial charge is 0.301 e. The van der Waals surface area contributed by atoms with Gasteiger partial charge in [-0.1, -0.05) is 54.5 Å². The minimum absolute atomic E-state index is 0.00577. The standard InChI is InChI=1S/C16H21N3OS/c1-3-4-5-15-18-19-16(21-15)17-14(20)11-10-13-8-6-12(2)7-9-13/h6-9H,3-5,10-11H2,1-2H3,(H,17,19,20). The van der Waals surface area contributed by atoms with E-state index in [-0.39, 0.29) is 5.91 Å². The van der Waals surface area contributed by atoms with Gasteiger partial charge in [-0.2, -0.15) is 0 Å². The summed E-state index contributed by atoms with van der Waals surface area (Å²) in [4.78, 5) is 11.9. The molecule has 5 heteroatoms. The van der Waals surface area contributed by atoms with Crippen molar-refractivity contribution in [3.63, 3.8) is 0 Å². The number of nitrogens with zero attached hydrogens (tertiary/aromatic N) is 2. The fourth-order valence-corrected chi connectivity index (χ4v) is 2.73. The Kier molecular flexibility index (Phi) is 5.87. The Morgan fingerprint density at radius 2 is 1.95 bits per heavy atom. The summed E-state index contributed by atoms with van der Waals surface area (Å²) in [5, 5.41) is 12.5. The molecule has 2 rings (SSSR count). The highest BCUT2D eigenvalue weighted by molar-refractivity contribution is 7.15. The first-order valence-corrected chi connectivity index (χ1v) is 8.17. The Bertz CT molecular complexity index is 577. The number of benzene rings is 1. The van der Waals surface area contributed by atoms with Crippen LogP contribution in [-0.2, 0) is 17.6 Å². The normalized spacial score (nSPS) is 10.6. The lowest BCUT2D eigenvalue weighted by Crippen LogP contribution is -2.12. The predicted octanol–water partition coefficient (Wildman–Crippen LogP) is 3.76. The molecule has 0 aliphatic heterocycles. The van der Waals surface area contributed by atoms with Crippen molar-refractivity contribution in [1.82, 2.24) is 10.2 Å². The molecule has 1 aromatic carbocycles. The lowest BCUT2D eigenvalue weighted by molar-refractivity contribution is -0.116. The molecule has 0 atom stereocenters. The molecular weight excluding hydrogens is 282 g/mol. The van der Waals surface area contributed by atoms with Crippen molar-refractivity contribution in [3.05, 3.63) is 40.4 Å². The van der Waals surface area contributed by atoms with E-state index in [2.05, 4.69) is 53.6 Å². The molecule has 21 heavy (non-hydrogen) atoms. The molecule has 1 aromatic heterocycles. The summed E-state index contributed by atoms with van der Waals surface area (Å²) in [7, 11) is 0. The fraction of sp³-hybridized carbons (Fsp3) is 0.438. The van der Waals surface area contributed by atoms with Gasteiger partial charge in [-0.15, -0.1) is 10.2 Å². The van der Waals surface area contributed by atoms with E-state index in [0.717, 1.165) is 30.7 Å². The molecule has 0 spiro atoms. The topological polar surface area (TPSA) is 54.9 Å². The van der Waals surface area contributed by atoms with Gasteiger partial charge in [0, 0.05) is 12.8 Å². The van der Waals surface area contributed by atoms with E-state index in [9.17, 15) is 4.79 Å². The van der Waals surface area contributed by atoms with Crippen LogP contribution in [-0.4, -0.2) is 16.1 Å². The summed E-state index contributed by atoms with van der Waals surface area (Å²) in [6.45, 7) is 4.21. The molecule has 0 saturated heterocycles. The van der Waals surface area contributed by atoms with Gasteiger partial charge < -0.3 is 5.32 Å². The number of amides is 1. The SMILES string of the molecule is CCCCc1nnc(NC(=O)CCc2ccc(C)cc2)s1. The zero-order valence-corrected chi connectivity index (χ0v) is 13.4. The monoisotopic (exact) mass is 303 g/mol. The minimum atomic E-state index is -0.00577. The van der Waals surface area contributed by atoms with Gasteiger partial charge in [0.25, 0.3) is 0 Å². The van der Waals surface area contributed by atoms with Gasteiger partial charge >= 0.3 is 0 Å². The van der Waals surface area contributed by atoms with E-state index in [1.54, 1.807) is 0 Å². The van der Waals surface area contributed by atoms with Gasteiger partial charge in [-0.05, 0) is 25.3 Å². The summed E-state index contributed by atoms with van der Waals surface area (Å²) < 4.78 is 0. The zero-order valence-electron chi connectivity index (χ0n) is 12.6. The Balaban J connectivity index is 1.78. The average Bonchev–Trinajstić information content (AvgIpc) is 2.92. The van der Waals surface area contributed by atoms with Gasteiger partial charge in [-0.25, -0.2) is 0 Å². The van der Waals surface area contributed by atoms with Gasteiger partial charge in [0.05, 0.1) is 0 Å². The summed E-state index contributed by atoms with van der Waals surface area (Å²) in [5.74, 6) is -0.00577. The number of nitrogens with one attached hydrogen (secondary N) is 1. The van der Waals surface area contributed by atoms with Crippen LogP contribution in [0.4, 0.5) is 5.13 Å². The lowest BCUT2D eigenvalue weighted by Gasteiger charge is -2.02. The summed E-state index contributed by atoms with van der Waals surface area (Å²) >= 11 is 1.47. The van der Waals surface area contributed by atoms with Crippen molar-refractivity contribution < 1.29 is 4.79 Å². The molecule has 0 aliphatic carbocycles. The smallest absolute Gasteiger partial charge is 0.226 e. The van der Waals surface area contributed by atoms with E-state index in [0.29, 0.717) is 11.6 Å². The third-order valence-corrected chi connectivity index (χ3v) is 4.12. The van der Waals surface area contributed by atoms with Crippen LogP contribution >= 0.6 is 11.3 Å². The first-order chi connectivity index (χ1) is 10.2. The number of unbranched alkanes of at least 4 members (excludes halogenated alkanes) is 1. The summed E-state index contributed by atoms with van der Waals surface area (Å²) in [6, 6.07) is 8.27. The van der Waals surface area contributed by atoms with Gasteiger partial charge in [0.2, 0.25) is 11.0 Å². The average molecular weight is 303 g/mol. The molecule has 1 amide bonds. The number of hydrogen-bond donors (Lipinski definition) is 1. The van der Waals surface area contributed by atoms with E-state index in [1.807, 2.05) is 0 Å². The second kappa shape index (κ2) is 7.88. The van der Waals surface area contributed by atoms with Crippen LogP contribution in [0.1, 0.15) is 42.3 Å². The Labute approximate surface area is 129 Å². The molecule has 0 radical (unpaired) electrons. The number of anilines is 1. The molecule has 1 N–H and O–H groups in total. The van der Waals surface area contributed by atoms with Gasteiger partial charge in [0.15, 0.2) is 0 Å². The molecule has 2 aromatic rings. The highest BCUT2D eigenvalue weighted by Crippen LogP contribution is 2.17. The first-order valence-electron chi connectivity index (χ1n) is 7.35. The molecule has 0 fully saturated rings. The molecule has 4 nitrogen and oxygen atoms in total. The van der Waals surface area contributed by atoms with Crippen molar-refractivity contribution in [1.29, 1.82) is 0 Å². The van der Waals surface area contributed by atoms with E-state index in [1.165, 1.54) is 22.5 Å². The summed E-state index contributed by atoms with van der Waals surface area (Å²) in [6.07, 6.45) is 4.39. The molecule has 0 saturated carbocycles.